The van der Waals surface area contributed by atoms with Crippen molar-refractivity contribution in [1.29, 1.82) is 0 Å². The van der Waals surface area contributed by atoms with Gasteiger partial charge in [0, 0.05) is 63.7 Å². The summed E-state index contributed by atoms with van der Waals surface area (Å²) in [6, 6.07) is 0. The Morgan fingerprint density at radius 2 is 0.980 bits per heavy atom. The summed E-state index contributed by atoms with van der Waals surface area (Å²) in [5.74, 6) is -3.14. The Morgan fingerprint density at radius 3 is 1.37 bits per heavy atom. The molecule has 0 unspecified atom stereocenters. The first-order valence-corrected chi connectivity index (χ1v) is 16.0. The predicted molar refractivity (Wildman–Crippen MR) is 176 cm³/mol. The molecule has 0 saturated carbocycles. The van der Waals surface area contributed by atoms with Gasteiger partial charge in [-0.1, -0.05) is 19.7 Å². The minimum Gasteiger partial charge on any atom is -0.465 e. The van der Waals surface area contributed by atoms with Crippen LogP contribution in [0.1, 0.15) is 52.9 Å². The maximum atomic E-state index is 12.7. The van der Waals surface area contributed by atoms with Crippen LogP contribution in [0.5, 0.6) is 0 Å². The van der Waals surface area contributed by atoms with E-state index in [-0.39, 0.29) is 92.1 Å². The first kappa shape index (κ1) is 44.9. The third-order valence-electron chi connectivity index (χ3n) is 6.12. The largest absolute Gasteiger partial charge is 0.465 e. The van der Waals surface area contributed by atoms with Crippen molar-refractivity contribution in [2.45, 2.75) is 52.9 Å². The van der Waals surface area contributed by atoms with Crippen LogP contribution in [0.15, 0.2) is 38.0 Å². The number of carbonyl (C=O) groups excluding carboxylic acids is 6. The van der Waals surface area contributed by atoms with Crippen LogP contribution in [0.3, 0.4) is 0 Å². The fourth-order valence-electron chi connectivity index (χ4n) is 3.45. The molecular formula is C34H53NO14. The molecule has 0 aliphatic rings. The van der Waals surface area contributed by atoms with E-state index in [4.69, 9.17) is 37.9 Å². The summed E-state index contributed by atoms with van der Waals surface area (Å²) in [4.78, 5) is 70.6. The summed E-state index contributed by atoms with van der Waals surface area (Å²) in [6.07, 6.45) is 3.93. The molecule has 0 aromatic rings. The number of rotatable bonds is 29. The highest BCUT2D eigenvalue weighted by Crippen LogP contribution is 2.22. The van der Waals surface area contributed by atoms with Crippen LogP contribution in [0.2, 0.25) is 0 Å². The van der Waals surface area contributed by atoms with Gasteiger partial charge in [-0.2, -0.15) is 0 Å². The molecule has 0 aromatic carbocycles. The van der Waals surface area contributed by atoms with Crippen LogP contribution in [0.4, 0.5) is 0 Å². The highest BCUT2D eigenvalue weighted by molar-refractivity contribution is 5.82. The van der Waals surface area contributed by atoms with E-state index in [0.717, 1.165) is 18.2 Å². The van der Waals surface area contributed by atoms with Crippen LogP contribution in [-0.4, -0.2) is 115 Å². The van der Waals surface area contributed by atoms with Crippen LogP contribution >= 0.6 is 0 Å². The zero-order valence-corrected chi connectivity index (χ0v) is 29.1. The standard InChI is InChI=1S/C34H53NO14/c1-7-28(37)45-19-10-16-42-23-34(24-43-17-11-20-46-29(38)8-2,25-44-18-12-21-47-30(39)9-3)26-49-31(40)14-13-27(36)35-15-22-48-32(41)33(4,5)6/h7-9H,1-3,10-26H2,4-6H3,(H,35,36). The molecule has 1 N–H and O–H groups in total. The van der Waals surface area contributed by atoms with Crippen LogP contribution in [0, 0.1) is 10.8 Å². The first-order chi connectivity index (χ1) is 23.3. The summed E-state index contributed by atoms with van der Waals surface area (Å²) in [5, 5.41) is 2.59. The molecule has 15 nitrogen and oxygen atoms in total. The molecule has 49 heavy (non-hydrogen) atoms. The van der Waals surface area contributed by atoms with E-state index in [1.165, 1.54) is 0 Å². The van der Waals surface area contributed by atoms with Gasteiger partial charge >= 0.3 is 29.8 Å². The Balaban J connectivity index is 5.28. The van der Waals surface area contributed by atoms with Gasteiger partial charge in [0.25, 0.3) is 0 Å². The summed E-state index contributed by atoms with van der Waals surface area (Å²) in [7, 11) is 0. The maximum absolute atomic E-state index is 12.7. The fourth-order valence-corrected chi connectivity index (χ4v) is 3.45. The van der Waals surface area contributed by atoms with Gasteiger partial charge in [0.15, 0.2) is 0 Å². The minimum atomic E-state index is -1.01. The molecule has 0 rings (SSSR count). The van der Waals surface area contributed by atoms with E-state index in [0.29, 0.717) is 19.3 Å². The summed E-state index contributed by atoms with van der Waals surface area (Å²) < 4.78 is 43.1. The molecule has 0 atom stereocenters. The van der Waals surface area contributed by atoms with Crippen molar-refractivity contribution in [3.8, 4) is 0 Å². The molecule has 0 aromatic heterocycles. The molecule has 1 amide bonds. The Morgan fingerprint density at radius 1 is 0.551 bits per heavy atom. The zero-order valence-electron chi connectivity index (χ0n) is 29.1. The molecule has 0 aliphatic heterocycles. The summed E-state index contributed by atoms with van der Waals surface area (Å²) in [6.45, 7) is 16.0. The van der Waals surface area contributed by atoms with Gasteiger partial charge in [0.1, 0.15) is 13.2 Å². The lowest BCUT2D eigenvalue weighted by Gasteiger charge is -2.32. The molecule has 0 bridgehead atoms. The van der Waals surface area contributed by atoms with Crippen molar-refractivity contribution in [2.24, 2.45) is 10.8 Å². The Labute approximate surface area is 288 Å². The van der Waals surface area contributed by atoms with Crippen molar-refractivity contribution in [1.82, 2.24) is 5.32 Å². The van der Waals surface area contributed by atoms with Gasteiger partial charge in [-0.15, -0.1) is 0 Å². The van der Waals surface area contributed by atoms with Gasteiger partial charge in [0.05, 0.1) is 63.4 Å². The van der Waals surface area contributed by atoms with E-state index >= 15 is 0 Å². The van der Waals surface area contributed by atoms with Gasteiger partial charge < -0.3 is 43.2 Å². The van der Waals surface area contributed by atoms with Crippen molar-refractivity contribution < 1.29 is 66.7 Å². The van der Waals surface area contributed by atoms with Crippen molar-refractivity contribution in [3.63, 3.8) is 0 Å². The SMILES string of the molecule is C=CC(=O)OCCCOCC(COCCCOC(=O)C=C)(COCCCOC(=O)C=C)COC(=O)CCC(=O)NCCOC(=O)C(C)(C)C. The normalized spacial score (nSPS) is 11.1. The lowest BCUT2D eigenvalue weighted by molar-refractivity contribution is -0.157. The second-order valence-electron chi connectivity index (χ2n) is 11.7. The molecule has 0 heterocycles. The van der Waals surface area contributed by atoms with Crippen molar-refractivity contribution in [3.05, 3.63) is 38.0 Å². The number of amides is 1. The molecule has 15 heteroatoms. The van der Waals surface area contributed by atoms with Crippen molar-refractivity contribution in [2.75, 3.05) is 79.2 Å². The van der Waals surface area contributed by atoms with Gasteiger partial charge in [-0.05, 0) is 20.8 Å². The van der Waals surface area contributed by atoms with E-state index in [1.54, 1.807) is 20.8 Å². The topological polar surface area (TPSA) is 188 Å². The third kappa shape index (κ3) is 24.7. The van der Waals surface area contributed by atoms with Crippen LogP contribution < -0.4 is 5.32 Å². The smallest absolute Gasteiger partial charge is 0.330 e. The number of ether oxygens (including phenoxy) is 8. The highest BCUT2D eigenvalue weighted by atomic mass is 16.6. The zero-order chi connectivity index (χ0) is 37.0. The number of nitrogens with one attached hydrogen (secondary N) is 1. The van der Waals surface area contributed by atoms with Crippen molar-refractivity contribution >= 4 is 35.8 Å². The average molecular weight is 700 g/mol. The lowest BCUT2D eigenvalue weighted by atomic mass is 9.92. The molecule has 0 spiro atoms. The predicted octanol–water partition coefficient (Wildman–Crippen LogP) is 2.41. The molecule has 0 radical (unpaired) electrons. The average Bonchev–Trinajstić information content (AvgIpc) is 3.07. The fraction of sp³-hybridized carbons (Fsp3) is 0.647. The van der Waals surface area contributed by atoms with E-state index in [1.807, 2.05) is 0 Å². The molecule has 0 aliphatic carbocycles. The van der Waals surface area contributed by atoms with Crippen LogP contribution in [-0.2, 0) is 66.7 Å². The van der Waals surface area contributed by atoms with Gasteiger partial charge in [-0.3, -0.25) is 14.4 Å². The summed E-state index contributed by atoms with van der Waals surface area (Å²) in [5.41, 5.74) is -1.67. The van der Waals surface area contributed by atoms with E-state index in [9.17, 15) is 28.8 Å². The Bertz CT molecular complexity index is 987. The monoisotopic (exact) mass is 699 g/mol. The first-order valence-electron chi connectivity index (χ1n) is 16.0. The Kier molecular flexibility index (Phi) is 24.6. The minimum absolute atomic E-state index is 0.00112. The third-order valence-corrected chi connectivity index (χ3v) is 6.12. The van der Waals surface area contributed by atoms with Gasteiger partial charge in [0.2, 0.25) is 5.91 Å². The molecular weight excluding hydrogens is 646 g/mol. The lowest BCUT2D eigenvalue weighted by Crippen LogP contribution is -2.43. The quantitative estimate of drug-likeness (QED) is 0.0519. The number of hydrogen-bond donors (Lipinski definition) is 1. The van der Waals surface area contributed by atoms with E-state index in [2.05, 4.69) is 25.1 Å². The highest BCUT2D eigenvalue weighted by Gasteiger charge is 2.34. The number of esters is 5. The molecule has 278 valence electrons. The van der Waals surface area contributed by atoms with E-state index < -0.39 is 46.6 Å². The Hall–Kier alpha value is -4.08. The van der Waals surface area contributed by atoms with Gasteiger partial charge in [-0.25, -0.2) is 14.4 Å². The number of hydrogen-bond acceptors (Lipinski definition) is 14. The summed E-state index contributed by atoms with van der Waals surface area (Å²) >= 11 is 0. The molecule has 0 saturated heterocycles. The second-order valence-corrected chi connectivity index (χ2v) is 11.7. The second kappa shape index (κ2) is 26.8. The molecule has 0 fully saturated rings. The maximum Gasteiger partial charge on any atom is 0.330 e. The van der Waals surface area contributed by atoms with Crippen LogP contribution in [0.25, 0.3) is 0 Å². The number of carbonyl (C=O) groups is 6.